The van der Waals surface area contributed by atoms with Gasteiger partial charge in [0.25, 0.3) is 0 Å². The second kappa shape index (κ2) is 14.2. The minimum atomic E-state index is 0. The molecule has 0 unspecified atom stereocenters. The van der Waals surface area contributed by atoms with Crippen LogP contribution in [0.25, 0.3) is 0 Å². The quantitative estimate of drug-likeness (QED) is 0.566. The minimum absolute atomic E-state index is 0. The molecule has 0 fully saturated rings. The van der Waals surface area contributed by atoms with Crippen LogP contribution in [0.1, 0.15) is 5.56 Å². The molecule has 0 radical (unpaired) electrons. The van der Waals surface area contributed by atoms with Crippen molar-refractivity contribution in [2.75, 3.05) is 14.1 Å². The predicted octanol–water partition coefficient (Wildman–Crippen LogP) is 3.29. The molecule has 0 saturated heterocycles. The van der Waals surface area contributed by atoms with Gasteiger partial charge in [-0.25, -0.2) is 12.1 Å². The molecular weight excluding hydrogens is 368 g/mol. The fourth-order valence-electron chi connectivity index (χ4n) is 1.21. The van der Waals surface area contributed by atoms with Crippen molar-refractivity contribution in [2.24, 2.45) is 0 Å². The van der Waals surface area contributed by atoms with Gasteiger partial charge in [-0.1, -0.05) is 0 Å². The van der Waals surface area contributed by atoms with Gasteiger partial charge in [-0.15, -0.1) is 18.0 Å². The van der Waals surface area contributed by atoms with Crippen molar-refractivity contribution in [1.29, 1.82) is 0 Å². The fourth-order valence-corrected chi connectivity index (χ4v) is 1.21. The molecule has 2 aromatic carbocycles. The molecule has 0 atom stereocenters. The van der Waals surface area contributed by atoms with Crippen molar-refractivity contribution in [3.05, 3.63) is 60.2 Å². The molecular formula is C13H18ClFeNPd-6. The van der Waals surface area contributed by atoms with Gasteiger partial charge in [0.15, 0.2) is 0 Å². The fraction of sp³-hybridized carbons (Fsp3) is 0.231. The van der Waals surface area contributed by atoms with Crippen LogP contribution < -0.4 is 0 Å². The molecule has 0 aliphatic heterocycles. The topological polar surface area (TPSA) is 3.24 Å². The summed E-state index contributed by atoms with van der Waals surface area (Å²) in [4.78, 5) is 2.16. The molecule has 2 aromatic rings. The van der Waals surface area contributed by atoms with Gasteiger partial charge in [-0.05, 0) is 20.6 Å². The van der Waals surface area contributed by atoms with E-state index in [1.807, 2.05) is 30.3 Å². The van der Waals surface area contributed by atoms with Gasteiger partial charge in [0.05, 0.1) is 0 Å². The van der Waals surface area contributed by atoms with Gasteiger partial charge in [0.2, 0.25) is 0 Å². The molecule has 0 saturated carbocycles. The van der Waals surface area contributed by atoms with Crippen LogP contribution in [0.4, 0.5) is 0 Å². The molecule has 1 nitrogen and oxygen atoms in total. The maximum atomic E-state index is 2.16. The summed E-state index contributed by atoms with van der Waals surface area (Å²) in [6.45, 7) is 1.05. The van der Waals surface area contributed by atoms with Gasteiger partial charge in [-0.3, -0.25) is 0 Å². The van der Waals surface area contributed by atoms with E-state index < -0.39 is 0 Å². The first-order valence-electron chi connectivity index (χ1n) is 4.81. The Balaban J connectivity index is -0.000000216. The summed E-state index contributed by atoms with van der Waals surface area (Å²) >= 11 is 0. The Morgan fingerprint density at radius 2 is 1.29 bits per heavy atom. The third-order valence-corrected chi connectivity index (χ3v) is 1.79. The summed E-state index contributed by atoms with van der Waals surface area (Å²) in [5.74, 6) is 0. The molecule has 17 heavy (non-hydrogen) atoms. The normalized spacial score (nSPS) is 7.94. The van der Waals surface area contributed by atoms with E-state index in [1.165, 1.54) is 5.56 Å². The summed E-state index contributed by atoms with van der Waals surface area (Å²) in [7, 11) is 4.15. The third kappa shape index (κ3) is 12.4. The van der Waals surface area contributed by atoms with Crippen LogP contribution in [-0.4, -0.2) is 19.0 Å². The zero-order chi connectivity index (χ0) is 10.2. The summed E-state index contributed by atoms with van der Waals surface area (Å²) < 4.78 is 0. The first-order valence-corrected chi connectivity index (χ1v) is 4.81. The zero-order valence-corrected chi connectivity index (χ0v) is 13.4. The van der Waals surface area contributed by atoms with Crippen LogP contribution in [0.5, 0.6) is 0 Å². The van der Waals surface area contributed by atoms with E-state index in [-0.39, 0.29) is 49.9 Å². The van der Waals surface area contributed by atoms with Crippen LogP contribution in [-0.2, 0) is 44.0 Å². The van der Waals surface area contributed by atoms with E-state index in [2.05, 4.69) is 43.3 Å². The standard InChI is InChI=1S/C8H12N.C5H5.ClH.Fe.Pd/c1-9(2)7-8-5-3-4-6-8;1-2-4-5-3-1;;;/h3-6H,7H2,1-2H3;1-5H;1H;;/q-1;-5;;;. The predicted molar refractivity (Wildman–Crippen MR) is 68.7 cm³/mol. The molecule has 0 heterocycles. The van der Waals surface area contributed by atoms with Crippen LogP contribution in [0.3, 0.4) is 0 Å². The van der Waals surface area contributed by atoms with E-state index >= 15 is 0 Å². The van der Waals surface area contributed by atoms with E-state index in [0.717, 1.165) is 6.54 Å². The molecule has 0 bridgehead atoms. The molecule has 0 amide bonds. The van der Waals surface area contributed by atoms with Crippen LogP contribution >= 0.6 is 12.4 Å². The molecule has 0 aliphatic rings. The number of hydrogen-bond donors (Lipinski definition) is 0. The molecule has 0 spiro atoms. The Kier molecular flexibility index (Phi) is 18.6. The first-order chi connectivity index (χ1) is 6.79. The van der Waals surface area contributed by atoms with Crippen LogP contribution in [0.15, 0.2) is 54.6 Å². The summed E-state index contributed by atoms with van der Waals surface area (Å²) in [6.07, 6.45) is 0. The van der Waals surface area contributed by atoms with E-state index in [1.54, 1.807) is 0 Å². The average molecular weight is 386 g/mol. The van der Waals surface area contributed by atoms with Crippen molar-refractivity contribution in [1.82, 2.24) is 4.90 Å². The molecule has 106 valence electrons. The van der Waals surface area contributed by atoms with Crippen LogP contribution in [0, 0.1) is 0 Å². The molecule has 4 heteroatoms. The summed E-state index contributed by atoms with van der Waals surface area (Å²) in [5.41, 5.74) is 1.39. The van der Waals surface area contributed by atoms with Crippen molar-refractivity contribution in [3.63, 3.8) is 0 Å². The zero-order valence-electron chi connectivity index (χ0n) is 9.93. The van der Waals surface area contributed by atoms with Gasteiger partial charge in [-0.2, -0.15) is 12.1 Å². The Labute approximate surface area is 135 Å². The second-order valence-corrected chi connectivity index (χ2v) is 3.49. The van der Waals surface area contributed by atoms with E-state index in [0.29, 0.717) is 0 Å². The van der Waals surface area contributed by atoms with Gasteiger partial charge >= 0.3 is 0 Å². The largest absolute Gasteiger partial charge is 0.748 e. The van der Waals surface area contributed by atoms with Crippen molar-refractivity contribution < 1.29 is 37.5 Å². The van der Waals surface area contributed by atoms with Gasteiger partial charge in [0.1, 0.15) is 0 Å². The number of hydrogen-bond acceptors (Lipinski definition) is 1. The number of nitrogens with zero attached hydrogens (tertiary/aromatic N) is 1. The van der Waals surface area contributed by atoms with Gasteiger partial charge < -0.3 is 35.2 Å². The van der Waals surface area contributed by atoms with Crippen molar-refractivity contribution in [3.8, 4) is 0 Å². The Morgan fingerprint density at radius 1 is 0.941 bits per heavy atom. The number of rotatable bonds is 2. The molecule has 0 N–H and O–H groups in total. The third-order valence-electron chi connectivity index (χ3n) is 1.79. The minimum Gasteiger partial charge on any atom is -0.748 e. The Morgan fingerprint density at radius 3 is 1.59 bits per heavy atom. The molecule has 0 aliphatic carbocycles. The Bertz CT molecular complexity index is 289. The second-order valence-electron chi connectivity index (χ2n) is 3.49. The summed E-state index contributed by atoms with van der Waals surface area (Å²) in [5, 5.41) is 0. The monoisotopic (exact) mass is 385 g/mol. The van der Waals surface area contributed by atoms with Crippen molar-refractivity contribution in [2.45, 2.75) is 6.54 Å². The average Bonchev–Trinajstić information content (AvgIpc) is 2.75. The first kappa shape index (κ1) is 22.3. The van der Waals surface area contributed by atoms with Crippen LogP contribution in [0.2, 0.25) is 0 Å². The van der Waals surface area contributed by atoms with E-state index in [4.69, 9.17) is 0 Å². The maximum absolute atomic E-state index is 2.16. The Hall–Kier alpha value is 0.132. The van der Waals surface area contributed by atoms with E-state index in [9.17, 15) is 0 Å². The summed E-state index contributed by atoms with van der Waals surface area (Å²) in [6, 6.07) is 18.4. The maximum Gasteiger partial charge on any atom is 0 e. The van der Waals surface area contributed by atoms with Crippen molar-refractivity contribution >= 4 is 12.4 Å². The molecule has 2 rings (SSSR count). The number of halogens is 1. The molecule has 0 aromatic heterocycles. The SMILES string of the molecule is CN(C)C[c-]1cccc1.Cl.[Fe].[Pd].[cH-]1[cH-][cH-][cH-][cH-]1. The smallest absolute Gasteiger partial charge is 0 e. The van der Waals surface area contributed by atoms with Gasteiger partial charge in [0, 0.05) is 37.5 Å².